The van der Waals surface area contributed by atoms with E-state index in [-0.39, 0.29) is 23.4 Å². The van der Waals surface area contributed by atoms with Crippen LogP contribution in [0.15, 0.2) is 65.6 Å². The van der Waals surface area contributed by atoms with Gasteiger partial charge in [-0.2, -0.15) is 13.2 Å². The Balaban J connectivity index is 1.83. The van der Waals surface area contributed by atoms with Crippen LogP contribution in [0, 0.1) is 12.7 Å². The third-order valence-electron chi connectivity index (χ3n) is 4.25. The first-order valence-corrected chi connectivity index (χ1v) is 8.57. The number of hydrogen-bond donors (Lipinski definition) is 1. The van der Waals surface area contributed by atoms with Gasteiger partial charge in [0.05, 0.1) is 17.7 Å². The topological polar surface area (TPSA) is 51.1 Å². The Morgan fingerprint density at radius 2 is 1.72 bits per heavy atom. The van der Waals surface area contributed by atoms with Crippen molar-refractivity contribution in [3.63, 3.8) is 0 Å². The number of nitrogens with zero attached hydrogens (tertiary/aromatic N) is 1. The van der Waals surface area contributed by atoms with Crippen molar-refractivity contribution in [3.8, 4) is 0 Å². The van der Waals surface area contributed by atoms with Gasteiger partial charge in [0.15, 0.2) is 0 Å². The quantitative estimate of drug-likeness (QED) is 0.646. The molecule has 0 atom stereocenters. The molecule has 0 unspecified atom stereocenters. The molecule has 8 heteroatoms. The molecule has 2 aromatic carbocycles. The van der Waals surface area contributed by atoms with E-state index in [4.69, 9.17) is 0 Å². The second-order valence-electron chi connectivity index (χ2n) is 6.52. The molecule has 0 aliphatic rings. The normalized spacial score (nSPS) is 11.3. The summed E-state index contributed by atoms with van der Waals surface area (Å²) in [6.45, 7) is 2.16. The summed E-state index contributed by atoms with van der Waals surface area (Å²) < 4.78 is 53.2. The van der Waals surface area contributed by atoms with Crippen LogP contribution in [-0.2, 0) is 12.7 Å². The predicted octanol–water partition coefficient (Wildman–Crippen LogP) is 4.62. The Hall–Kier alpha value is -3.42. The molecule has 0 fully saturated rings. The molecule has 0 saturated heterocycles. The number of halogens is 4. The van der Waals surface area contributed by atoms with Crippen LogP contribution in [0.4, 0.5) is 23.2 Å². The van der Waals surface area contributed by atoms with Gasteiger partial charge in [-0.05, 0) is 36.8 Å². The van der Waals surface area contributed by atoms with Crippen molar-refractivity contribution >= 4 is 11.6 Å². The van der Waals surface area contributed by atoms with Crippen LogP contribution in [0.1, 0.15) is 27.0 Å². The zero-order valence-electron chi connectivity index (χ0n) is 15.3. The van der Waals surface area contributed by atoms with Crippen LogP contribution in [-0.4, -0.2) is 10.5 Å². The molecule has 1 aromatic heterocycles. The lowest BCUT2D eigenvalue weighted by atomic mass is 10.1. The number of carbonyl (C=O) groups is 1. The highest BCUT2D eigenvalue weighted by Crippen LogP contribution is 2.33. The molecular weight excluding hydrogens is 388 g/mol. The van der Waals surface area contributed by atoms with Gasteiger partial charge in [0, 0.05) is 18.0 Å². The van der Waals surface area contributed by atoms with Gasteiger partial charge in [-0.15, -0.1) is 0 Å². The van der Waals surface area contributed by atoms with E-state index in [0.29, 0.717) is 12.1 Å². The van der Waals surface area contributed by atoms with Crippen molar-refractivity contribution < 1.29 is 22.4 Å². The number of hydrogen-bond acceptors (Lipinski definition) is 2. The summed E-state index contributed by atoms with van der Waals surface area (Å²) >= 11 is 0. The van der Waals surface area contributed by atoms with Crippen LogP contribution >= 0.6 is 0 Å². The molecular formula is C21H16F4N2O2. The Morgan fingerprint density at radius 3 is 2.38 bits per heavy atom. The van der Waals surface area contributed by atoms with E-state index in [1.54, 1.807) is 0 Å². The molecule has 1 N–H and O–H groups in total. The number of anilines is 1. The number of aryl methyl sites for hydroxylation is 1. The lowest BCUT2D eigenvalue weighted by Gasteiger charge is -2.12. The lowest BCUT2D eigenvalue weighted by Crippen LogP contribution is -2.22. The molecule has 150 valence electrons. The molecule has 1 heterocycles. The highest BCUT2D eigenvalue weighted by atomic mass is 19.4. The number of benzene rings is 2. The standard InChI is InChI=1S/C21H16F4N2O2/c1-13-2-4-14(5-3-13)11-27-12-15(6-9-19(27)28)20(29)26-16-7-8-18(22)17(10-16)21(23,24)25/h2-10,12H,11H2,1H3,(H,26,29). The molecule has 1 amide bonds. The smallest absolute Gasteiger partial charge is 0.322 e. The maximum atomic E-state index is 13.4. The van der Waals surface area contributed by atoms with Gasteiger partial charge in [-0.25, -0.2) is 4.39 Å². The van der Waals surface area contributed by atoms with E-state index < -0.39 is 23.5 Å². The molecule has 0 radical (unpaired) electrons. The molecule has 0 spiro atoms. The van der Waals surface area contributed by atoms with Crippen LogP contribution in [0.5, 0.6) is 0 Å². The first-order chi connectivity index (χ1) is 13.6. The van der Waals surface area contributed by atoms with Crippen molar-refractivity contribution in [2.75, 3.05) is 5.32 Å². The first kappa shape index (κ1) is 20.3. The molecule has 0 saturated carbocycles. The Labute approximate surface area is 163 Å². The largest absolute Gasteiger partial charge is 0.419 e. The minimum atomic E-state index is -4.88. The molecule has 29 heavy (non-hydrogen) atoms. The summed E-state index contributed by atoms with van der Waals surface area (Å²) in [6, 6.07) is 12.2. The zero-order valence-corrected chi connectivity index (χ0v) is 15.3. The zero-order chi connectivity index (χ0) is 21.2. The highest BCUT2D eigenvalue weighted by Gasteiger charge is 2.34. The maximum Gasteiger partial charge on any atom is 0.419 e. The number of pyridine rings is 1. The number of carbonyl (C=O) groups excluding carboxylic acids is 1. The summed E-state index contributed by atoms with van der Waals surface area (Å²) in [5, 5.41) is 2.29. The molecule has 0 aliphatic heterocycles. The van der Waals surface area contributed by atoms with Crippen LogP contribution in [0.2, 0.25) is 0 Å². The van der Waals surface area contributed by atoms with Gasteiger partial charge >= 0.3 is 6.18 Å². The van der Waals surface area contributed by atoms with Crippen molar-refractivity contribution in [1.82, 2.24) is 4.57 Å². The van der Waals surface area contributed by atoms with Crippen molar-refractivity contribution in [3.05, 3.63) is 99.2 Å². The van der Waals surface area contributed by atoms with Crippen molar-refractivity contribution in [2.45, 2.75) is 19.6 Å². The number of aromatic nitrogens is 1. The van der Waals surface area contributed by atoms with E-state index in [1.807, 2.05) is 31.2 Å². The van der Waals surface area contributed by atoms with Gasteiger partial charge in [-0.1, -0.05) is 29.8 Å². The first-order valence-electron chi connectivity index (χ1n) is 8.57. The number of nitrogens with one attached hydrogen (secondary N) is 1. The second kappa shape index (κ2) is 7.90. The monoisotopic (exact) mass is 404 g/mol. The van der Waals surface area contributed by atoms with Gasteiger partial charge < -0.3 is 9.88 Å². The Bertz CT molecular complexity index is 1100. The van der Waals surface area contributed by atoms with Gasteiger partial charge in [-0.3, -0.25) is 9.59 Å². The fourth-order valence-corrected chi connectivity index (χ4v) is 2.70. The summed E-state index contributed by atoms with van der Waals surface area (Å²) in [7, 11) is 0. The fraction of sp³-hybridized carbons (Fsp3) is 0.143. The molecule has 0 aliphatic carbocycles. The van der Waals surface area contributed by atoms with Crippen molar-refractivity contribution in [2.24, 2.45) is 0 Å². The van der Waals surface area contributed by atoms with E-state index in [0.717, 1.165) is 17.2 Å². The third-order valence-corrected chi connectivity index (χ3v) is 4.25. The molecule has 3 rings (SSSR count). The average molecular weight is 404 g/mol. The Kier molecular flexibility index (Phi) is 5.54. The molecule has 4 nitrogen and oxygen atoms in total. The van der Waals surface area contributed by atoms with Gasteiger partial charge in [0.25, 0.3) is 11.5 Å². The average Bonchev–Trinajstić information content (AvgIpc) is 2.66. The van der Waals surface area contributed by atoms with Crippen LogP contribution in [0.25, 0.3) is 0 Å². The lowest BCUT2D eigenvalue weighted by molar-refractivity contribution is -0.139. The van der Waals surface area contributed by atoms with Crippen molar-refractivity contribution in [1.29, 1.82) is 0 Å². The fourth-order valence-electron chi connectivity index (χ4n) is 2.70. The SMILES string of the molecule is Cc1ccc(Cn2cc(C(=O)Nc3ccc(F)c(C(F)(F)F)c3)ccc2=O)cc1. The summed E-state index contributed by atoms with van der Waals surface area (Å²) in [5.41, 5.74) is -0.0205. The summed E-state index contributed by atoms with van der Waals surface area (Å²) in [4.78, 5) is 24.5. The highest BCUT2D eigenvalue weighted by molar-refractivity contribution is 6.04. The van der Waals surface area contributed by atoms with Gasteiger partial charge in [0.2, 0.25) is 0 Å². The molecule has 3 aromatic rings. The predicted molar refractivity (Wildman–Crippen MR) is 100 cm³/mol. The Morgan fingerprint density at radius 1 is 1.03 bits per heavy atom. The van der Waals surface area contributed by atoms with E-state index >= 15 is 0 Å². The van der Waals surface area contributed by atoms with Gasteiger partial charge in [0.1, 0.15) is 5.82 Å². The minimum absolute atomic E-state index is 0.0783. The van der Waals surface area contributed by atoms with E-state index in [2.05, 4.69) is 5.32 Å². The maximum absolute atomic E-state index is 13.4. The molecule has 0 bridgehead atoms. The van der Waals surface area contributed by atoms with E-state index in [9.17, 15) is 27.2 Å². The number of rotatable bonds is 4. The minimum Gasteiger partial charge on any atom is -0.322 e. The number of amides is 1. The second-order valence-corrected chi connectivity index (χ2v) is 6.52. The van der Waals surface area contributed by atoms with E-state index in [1.165, 1.54) is 22.9 Å². The number of alkyl halides is 3. The van der Waals surface area contributed by atoms with Crippen LogP contribution < -0.4 is 10.9 Å². The summed E-state index contributed by atoms with van der Waals surface area (Å²) in [6.07, 6.45) is -3.56. The third kappa shape index (κ3) is 4.90. The van der Waals surface area contributed by atoms with Crippen LogP contribution in [0.3, 0.4) is 0 Å². The summed E-state index contributed by atoms with van der Waals surface area (Å²) in [5.74, 6) is -2.15.